The number of hydrazine groups is 1. The number of methoxy groups -OCH3 is 1. The van der Waals surface area contributed by atoms with E-state index < -0.39 is 34.7 Å². The first-order valence-corrected chi connectivity index (χ1v) is 22.3. The molecule has 4 N–H and O–H groups in total. The van der Waals surface area contributed by atoms with Crippen LogP contribution in [-0.4, -0.2) is 107 Å². The number of phenols is 1. The monoisotopic (exact) mass is 883 g/mol. The molecule has 3 atom stereocenters. The lowest BCUT2D eigenvalue weighted by atomic mass is 9.76. The summed E-state index contributed by atoms with van der Waals surface area (Å²) >= 11 is 0. The maximum atomic E-state index is 14.6. The molecular formula is C51H61N7O7. The van der Waals surface area contributed by atoms with Gasteiger partial charge in [-0.2, -0.15) is 0 Å². The number of aromatic hydroxyl groups is 1. The van der Waals surface area contributed by atoms with Gasteiger partial charge in [0.05, 0.1) is 36.0 Å². The number of ether oxygens (including phenoxy) is 2. The number of likely N-dealkylation sites (tertiary alicyclic amines) is 1. The Bertz CT molecular complexity index is 2530. The maximum Gasteiger partial charge on any atom is 0.324 e. The number of benzene rings is 2. The fraction of sp³-hybridized carbons (Fsp3) is 0.431. The molecule has 5 heterocycles. The zero-order valence-electron chi connectivity index (χ0n) is 38.1. The van der Waals surface area contributed by atoms with Gasteiger partial charge < -0.3 is 34.7 Å². The second kappa shape index (κ2) is 19.5. The van der Waals surface area contributed by atoms with Crippen LogP contribution in [0.5, 0.6) is 5.75 Å². The number of terminal acetylenes is 1. The molecule has 3 aliphatic heterocycles. The lowest BCUT2D eigenvalue weighted by Crippen LogP contribution is -2.62. The van der Waals surface area contributed by atoms with Crippen LogP contribution >= 0.6 is 0 Å². The molecule has 0 aliphatic carbocycles. The van der Waals surface area contributed by atoms with Crippen molar-refractivity contribution in [3.05, 3.63) is 90.8 Å². The molecule has 2 saturated heterocycles. The molecule has 0 spiro atoms. The number of hydrogen-bond acceptors (Lipinski definition) is 10. The summed E-state index contributed by atoms with van der Waals surface area (Å²) in [7, 11) is 1.64. The lowest BCUT2D eigenvalue weighted by molar-refractivity contribution is -0.155. The van der Waals surface area contributed by atoms with Gasteiger partial charge in [0.25, 0.3) is 0 Å². The number of aromatic nitrogens is 2. The molecule has 2 aromatic carbocycles. The molecule has 0 radical (unpaired) electrons. The van der Waals surface area contributed by atoms with E-state index in [0.717, 1.165) is 44.5 Å². The molecule has 3 amide bonds. The number of amides is 3. The van der Waals surface area contributed by atoms with E-state index in [-0.39, 0.29) is 55.6 Å². The first-order chi connectivity index (χ1) is 31.1. The van der Waals surface area contributed by atoms with Gasteiger partial charge in [0, 0.05) is 74.6 Å². The van der Waals surface area contributed by atoms with E-state index in [4.69, 9.17) is 15.9 Å². The SMILES string of the molecule is C#C[C@@](CNC1CN(C(=O)C=C)C1)(C(=O)NC[C@H]1Cc2cc(O)cc(c2)-c2ccc3c(c2)c(c(-c2cccnc2COC)n3C=C)CC(C)(C)COC(=O)[C@@H]2CCCN(N2)C1=O)C(C)C. The molecule has 0 saturated carbocycles. The van der Waals surface area contributed by atoms with Crippen molar-refractivity contribution in [3.8, 4) is 40.5 Å². The first-order valence-electron chi connectivity index (χ1n) is 22.3. The van der Waals surface area contributed by atoms with Crippen molar-refractivity contribution in [3.63, 3.8) is 0 Å². The van der Waals surface area contributed by atoms with Gasteiger partial charge in [-0.3, -0.25) is 29.2 Å². The van der Waals surface area contributed by atoms with Gasteiger partial charge in [0.15, 0.2) is 0 Å². The van der Waals surface area contributed by atoms with Crippen molar-refractivity contribution in [1.29, 1.82) is 0 Å². The van der Waals surface area contributed by atoms with Crippen molar-refractivity contribution >= 4 is 40.8 Å². The van der Waals surface area contributed by atoms with Gasteiger partial charge in [-0.05, 0) is 96.3 Å². The van der Waals surface area contributed by atoms with Crippen molar-refractivity contribution in [2.24, 2.45) is 22.7 Å². The number of cyclic esters (lactones) is 1. The maximum absolute atomic E-state index is 14.6. The van der Waals surface area contributed by atoms with Gasteiger partial charge in [-0.25, -0.2) is 5.43 Å². The van der Waals surface area contributed by atoms with Crippen LogP contribution in [0.15, 0.2) is 74.0 Å². The number of rotatable bonds is 12. The summed E-state index contributed by atoms with van der Waals surface area (Å²) in [5.41, 5.74) is 8.06. The number of fused-ring (bicyclic) bond motifs is 6. The molecule has 3 aliphatic rings. The zero-order valence-corrected chi connectivity index (χ0v) is 38.1. The van der Waals surface area contributed by atoms with Crippen molar-refractivity contribution in [2.75, 3.05) is 46.4 Å². The molecule has 2 aromatic heterocycles. The summed E-state index contributed by atoms with van der Waals surface area (Å²) in [4.78, 5) is 61.2. The second-order valence-electron chi connectivity index (χ2n) is 18.6. The second-order valence-corrected chi connectivity index (χ2v) is 18.6. The molecule has 14 nitrogen and oxygen atoms in total. The van der Waals surface area contributed by atoms with Crippen LogP contribution in [-0.2, 0) is 48.1 Å². The van der Waals surface area contributed by atoms with Crippen LogP contribution in [0.4, 0.5) is 0 Å². The predicted molar refractivity (Wildman–Crippen MR) is 251 cm³/mol. The summed E-state index contributed by atoms with van der Waals surface area (Å²) in [6.45, 7) is 17.4. The average Bonchev–Trinajstić information content (AvgIpc) is 3.58. The molecule has 0 unspecified atom stereocenters. The van der Waals surface area contributed by atoms with Crippen molar-refractivity contribution in [1.82, 2.24) is 35.5 Å². The highest BCUT2D eigenvalue weighted by Crippen LogP contribution is 2.41. The fourth-order valence-electron chi connectivity index (χ4n) is 9.27. The van der Waals surface area contributed by atoms with Gasteiger partial charge in [0.1, 0.15) is 17.2 Å². The third-order valence-electron chi connectivity index (χ3n) is 13.1. The Hall–Kier alpha value is -6.27. The summed E-state index contributed by atoms with van der Waals surface area (Å²) in [6.07, 6.45) is 12.6. The third-order valence-corrected chi connectivity index (χ3v) is 13.1. The molecule has 14 heteroatoms. The van der Waals surface area contributed by atoms with E-state index in [9.17, 15) is 24.3 Å². The van der Waals surface area contributed by atoms with Gasteiger partial charge in [-0.1, -0.05) is 58.9 Å². The minimum Gasteiger partial charge on any atom is -0.508 e. The summed E-state index contributed by atoms with van der Waals surface area (Å²) in [5, 5.41) is 20.1. The van der Waals surface area contributed by atoms with Crippen molar-refractivity contribution in [2.45, 2.75) is 72.1 Å². The Morgan fingerprint density at radius 3 is 2.65 bits per heavy atom. The quantitative estimate of drug-likeness (QED) is 0.0813. The van der Waals surface area contributed by atoms with Crippen LogP contribution in [0.3, 0.4) is 0 Å². The Labute approximate surface area is 381 Å². The number of nitrogens with one attached hydrogen (secondary N) is 3. The molecule has 65 heavy (non-hydrogen) atoms. The van der Waals surface area contributed by atoms with Gasteiger partial charge >= 0.3 is 5.97 Å². The largest absolute Gasteiger partial charge is 0.508 e. The first kappa shape index (κ1) is 46.7. The highest BCUT2D eigenvalue weighted by molar-refractivity contribution is 5.97. The van der Waals surface area contributed by atoms with Crippen molar-refractivity contribution < 1.29 is 33.8 Å². The normalized spacial score (nSPS) is 20.0. The molecule has 7 rings (SSSR count). The molecule has 2 fully saturated rings. The van der Waals surface area contributed by atoms with Gasteiger partial charge in [-0.15, -0.1) is 6.42 Å². The fourth-order valence-corrected chi connectivity index (χ4v) is 9.27. The predicted octanol–water partition coefficient (Wildman–Crippen LogP) is 5.48. The van der Waals surface area contributed by atoms with E-state index in [1.807, 2.05) is 44.2 Å². The Kier molecular flexibility index (Phi) is 14.0. The highest BCUT2D eigenvalue weighted by Gasteiger charge is 2.43. The number of pyridine rings is 1. The standard InChI is InChI=1S/C51H61N7O7/c1-9-45(60)56-27-37(28-56)54-30-51(10-2,32(4)5)49(63)53-26-36-21-33-20-35(23-38(59)22-33)34-16-17-44-40(24-34)41(46(57(44)11-3)39-14-12-18-52-43(39)29-64-8)25-50(6,7)31-65-48(62)42-15-13-19-58(55-42)47(36)61/h2,9,11-12,14,16-18,20,22-24,32,36-37,42,54-55,59H,1,3,13,15,19,21,25-31H2,4-8H3,(H,53,63)/t36-,42+,51+/m1/s1. The Balaban J connectivity index is 1.27. The summed E-state index contributed by atoms with van der Waals surface area (Å²) in [6, 6.07) is 14.5. The lowest BCUT2D eigenvalue weighted by Gasteiger charge is -2.41. The number of carbonyl (C=O) groups excluding carboxylic acids is 4. The van der Waals surface area contributed by atoms with E-state index in [1.165, 1.54) is 11.1 Å². The average molecular weight is 884 g/mol. The highest BCUT2D eigenvalue weighted by atomic mass is 16.5. The number of hydrogen-bond donors (Lipinski definition) is 4. The third kappa shape index (κ3) is 9.73. The van der Waals surface area contributed by atoms with Crippen LogP contribution in [0, 0.1) is 35.0 Å². The number of phenolic OH excluding ortho intramolecular Hbond substituents is 1. The number of nitrogens with zero attached hydrogens (tertiary/aromatic N) is 4. The molecular weight excluding hydrogens is 823 g/mol. The smallest absolute Gasteiger partial charge is 0.324 e. The molecule has 4 aromatic rings. The van der Waals surface area contributed by atoms with E-state index >= 15 is 0 Å². The van der Waals surface area contributed by atoms with Crippen LogP contribution < -0.4 is 16.1 Å². The molecule has 6 bridgehead atoms. The van der Waals surface area contributed by atoms with Gasteiger partial charge in [0.2, 0.25) is 17.7 Å². The molecule has 342 valence electrons. The number of esters is 1. The Morgan fingerprint density at radius 1 is 1.15 bits per heavy atom. The van der Waals surface area contributed by atoms with Crippen LogP contribution in [0.2, 0.25) is 0 Å². The zero-order chi connectivity index (χ0) is 46.6. The van der Waals surface area contributed by atoms with Crippen LogP contribution in [0.1, 0.15) is 57.4 Å². The summed E-state index contributed by atoms with van der Waals surface area (Å²) < 4.78 is 13.7. The van der Waals surface area contributed by atoms with E-state index in [0.29, 0.717) is 51.1 Å². The van der Waals surface area contributed by atoms with E-state index in [2.05, 4.69) is 64.6 Å². The van der Waals surface area contributed by atoms with Crippen LogP contribution in [0.25, 0.3) is 39.5 Å². The minimum atomic E-state index is -1.27. The number of carbonyl (C=O) groups is 4. The Morgan fingerprint density at radius 2 is 1.94 bits per heavy atom. The topological polar surface area (TPSA) is 167 Å². The summed E-state index contributed by atoms with van der Waals surface area (Å²) in [5.74, 6) is 0.336. The minimum absolute atomic E-state index is 0.0213. The van der Waals surface area contributed by atoms with E-state index in [1.54, 1.807) is 36.5 Å².